The minimum absolute atomic E-state index is 0.0296. The Morgan fingerprint density at radius 1 is 0.947 bits per heavy atom. The summed E-state index contributed by atoms with van der Waals surface area (Å²) >= 11 is 0. The van der Waals surface area contributed by atoms with Gasteiger partial charge in [0.2, 0.25) is 0 Å². The van der Waals surface area contributed by atoms with Gasteiger partial charge in [-0.3, -0.25) is 0 Å². The van der Waals surface area contributed by atoms with Crippen LogP contribution in [0.1, 0.15) is 0 Å². The van der Waals surface area contributed by atoms with E-state index >= 15 is 0 Å². The molecule has 4 fully saturated rings. The van der Waals surface area contributed by atoms with Crippen molar-refractivity contribution in [3.05, 3.63) is 0 Å². The van der Waals surface area contributed by atoms with E-state index in [4.69, 9.17) is 23.7 Å². The number of aliphatic hydroxyl groups excluding tert-OH is 2. The Kier molecular flexibility index (Phi) is 2.55. The van der Waals surface area contributed by atoms with E-state index < -0.39 is 11.2 Å². The number of epoxide rings is 2. The average molecular weight is 274 g/mol. The average Bonchev–Trinajstić information content (AvgIpc) is 3.27. The molecule has 4 atom stereocenters. The molecular weight excluding hydrogens is 256 g/mol. The highest BCUT2D eigenvalue weighted by molar-refractivity contribution is 5.30. The molecule has 2 saturated heterocycles. The zero-order valence-electron chi connectivity index (χ0n) is 10.7. The summed E-state index contributed by atoms with van der Waals surface area (Å²) in [6.07, 6.45) is 0.00795. The van der Waals surface area contributed by atoms with E-state index in [1.54, 1.807) is 7.11 Å². The first kappa shape index (κ1) is 12.5. The summed E-state index contributed by atoms with van der Waals surface area (Å²) in [5.41, 5.74) is -1.01. The fourth-order valence-electron chi connectivity index (χ4n) is 2.70. The van der Waals surface area contributed by atoms with Crippen LogP contribution in [0.4, 0.5) is 0 Å². The third kappa shape index (κ3) is 1.64. The van der Waals surface area contributed by atoms with Gasteiger partial charge in [0.15, 0.2) is 0 Å². The van der Waals surface area contributed by atoms with E-state index in [1.165, 1.54) is 0 Å². The molecule has 0 spiro atoms. The van der Waals surface area contributed by atoms with Gasteiger partial charge in [-0.05, 0) is 0 Å². The lowest BCUT2D eigenvalue weighted by atomic mass is 10.3. The first-order chi connectivity index (χ1) is 9.21. The highest BCUT2D eigenvalue weighted by atomic mass is 16.7. The van der Waals surface area contributed by atoms with Crippen molar-refractivity contribution in [2.24, 2.45) is 0 Å². The summed E-state index contributed by atoms with van der Waals surface area (Å²) in [6.45, 7) is 0.618. The van der Waals surface area contributed by atoms with Gasteiger partial charge in [0.05, 0.1) is 26.4 Å². The van der Waals surface area contributed by atoms with Crippen molar-refractivity contribution in [1.29, 1.82) is 0 Å². The van der Waals surface area contributed by atoms with Crippen LogP contribution in [-0.4, -0.2) is 85.5 Å². The smallest absolute Gasteiger partial charge is 0.149 e. The molecular formula is C12H18O7. The van der Waals surface area contributed by atoms with Crippen molar-refractivity contribution in [1.82, 2.24) is 0 Å². The second kappa shape index (κ2) is 3.88. The number of hydrogen-bond donors (Lipinski definition) is 2. The van der Waals surface area contributed by atoms with Gasteiger partial charge in [-0.1, -0.05) is 0 Å². The minimum atomic E-state index is -0.504. The van der Waals surface area contributed by atoms with Crippen molar-refractivity contribution >= 4 is 0 Å². The van der Waals surface area contributed by atoms with Crippen molar-refractivity contribution in [2.45, 2.75) is 41.7 Å². The van der Waals surface area contributed by atoms with Gasteiger partial charge in [-0.15, -0.1) is 0 Å². The van der Waals surface area contributed by atoms with Gasteiger partial charge in [0.25, 0.3) is 0 Å². The van der Waals surface area contributed by atoms with E-state index in [1.807, 2.05) is 0 Å². The summed E-state index contributed by atoms with van der Waals surface area (Å²) in [6, 6.07) is 0. The molecule has 0 bridgehead atoms. The molecule has 7 heteroatoms. The Labute approximate surface area is 110 Å². The van der Waals surface area contributed by atoms with Gasteiger partial charge >= 0.3 is 0 Å². The molecule has 4 aliphatic rings. The van der Waals surface area contributed by atoms with Crippen molar-refractivity contribution in [3.63, 3.8) is 0 Å². The van der Waals surface area contributed by atoms with Crippen molar-refractivity contribution < 1.29 is 33.9 Å². The molecule has 7 nitrogen and oxygen atoms in total. The fraction of sp³-hybridized carbons (Fsp3) is 1.00. The van der Waals surface area contributed by atoms with Gasteiger partial charge in [0, 0.05) is 7.11 Å². The molecule has 19 heavy (non-hydrogen) atoms. The number of aliphatic hydroxyl groups is 2. The quantitative estimate of drug-likeness (QED) is 0.472. The monoisotopic (exact) mass is 274 g/mol. The van der Waals surface area contributed by atoms with Gasteiger partial charge in [0.1, 0.15) is 41.7 Å². The first-order valence-electron chi connectivity index (χ1n) is 6.55. The molecule has 2 aliphatic heterocycles. The zero-order valence-corrected chi connectivity index (χ0v) is 10.7. The number of hydrogen-bond acceptors (Lipinski definition) is 7. The molecule has 0 aromatic carbocycles. The Hall–Kier alpha value is -0.280. The first-order valence-corrected chi connectivity index (χ1v) is 6.55. The summed E-state index contributed by atoms with van der Waals surface area (Å²) in [5, 5.41) is 18.5. The van der Waals surface area contributed by atoms with Crippen LogP contribution in [0.2, 0.25) is 0 Å². The van der Waals surface area contributed by atoms with Crippen LogP contribution in [0.5, 0.6) is 0 Å². The third-order valence-electron chi connectivity index (χ3n) is 4.59. The zero-order chi connectivity index (χ0) is 13.3. The number of methoxy groups -OCH3 is 1. The topological polar surface area (TPSA) is 93.2 Å². The molecule has 0 radical (unpaired) electrons. The van der Waals surface area contributed by atoms with Crippen LogP contribution in [-0.2, 0) is 23.7 Å². The van der Waals surface area contributed by atoms with Crippen LogP contribution in [0, 0.1) is 0 Å². The Morgan fingerprint density at radius 3 is 1.58 bits per heavy atom. The molecule has 2 N–H and O–H groups in total. The van der Waals surface area contributed by atoms with E-state index in [2.05, 4.69) is 0 Å². The summed E-state index contributed by atoms with van der Waals surface area (Å²) in [7, 11) is 1.59. The second-order valence-corrected chi connectivity index (χ2v) is 5.66. The molecule has 4 unspecified atom stereocenters. The lowest BCUT2D eigenvalue weighted by molar-refractivity contribution is -0.154. The highest BCUT2D eigenvalue weighted by Crippen LogP contribution is 2.60. The largest absolute Gasteiger partial charge is 0.393 e. The van der Waals surface area contributed by atoms with E-state index in [9.17, 15) is 10.2 Å². The highest BCUT2D eigenvalue weighted by Gasteiger charge is 2.82. The maximum absolute atomic E-state index is 9.26. The normalized spacial score (nSPS) is 53.2. The second-order valence-electron chi connectivity index (χ2n) is 5.66. The molecule has 2 aliphatic carbocycles. The summed E-state index contributed by atoms with van der Waals surface area (Å²) < 4.78 is 26.9. The molecule has 2 saturated carbocycles. The maximum atomic E-state index is 9.26. The standard InChI is InChI=1S/C12H18O7/c1-15-6(2-16-11(4-13)7-8(11)18-7)3-17-12(5-14)9-10(12)19-9/h6-10,13-14H,2-5H2,1H3. The van der Waals surface area contributed by atoms with E-state index in [0.29, 0.717) is 13.2 Å². The number of ether oxygens (including phenoxy) is 5. The SMILES string of the molecule is COC(COC1(CO)C2OC21)COC1(CO)C2OC21. The fourth-order valence-corrected chi connectivity index (χ4v) is 2.70. The molecule has 4 rings (SSSR count). The van der Waals surface area contributed by atoms with Crippen molar-refractivity contribution in [3.8, 4) is 0 Å². The third-order valence-corrected chi connectivity index (χ3v) is 4.59. The van der Waals surface area contributed by atoms with Gasteiger partial charge < -0.3 is 33.9 Å². The molecule has 108 valence electrons. The Balaban J connectivity index is 1.23. The van der Waals surface area contributed by atoms with Crippen LogP contribution < -0.4 is 0 Å². The van der Waals surface area contributed by atoms with E-state index in [0.717, 1.165) is 0 Å². The molecule has 2 heterocycles. The van der Waals surface area contributed by atoms with E-state index in [-0.39, 0.29) is 43.7 Å². The number of rotatable bonds is 9. The van der Waals surface area contributed by atoms with Crippen LogP contribution in [0.25, 0.3) is 0 Å². The Bertz CT molecular complexity index is 336. The molecule has 0 aromatic rings. The molecule has 0 aromatic heterocycles. The van der Waals surface area contributed by atoms with Crippen LogP contribution in [0.15, 0.2) is 0 Å². The van der Waals surface area contributed by atoms with Crippen LogP contribution in [0.3, 0.4) is 0 Å². The Morgan fingerprint density at radius 2 is 1.37 bits per heavy atom. The molecule has 0 amide bonds. The predicted molar refractivity (Wildman–Crippen MR) is 59.7 cm³/mol. The van der Waals surface area contributed by atoms with Gasteiger partial charge in [-0.2, -0.15) is 0 Å². The number of fused-ring (bicyclic) bond motifs is 2. The summed E-state index contributed by atoms with van der Waals surface area (Å²) in [5.74, 6) is 0. The lowest BCUT2D eigenvalue weighted by Crippen LogP contribution is -2.40. The maximum Gasteiger partial charge on any atom is 0.149 e. The van der Waals surface area contributed by atoms with Crippen molar-refractivity contribution in [2.75, 3.05) is 33.5 Å². The van der Waals surface area contributed by atoms with Gasteiger partial charge in [-0.25, -0.2) is 0 Å². The van der Waals surface area contributed by atoms with Crippen LogP contribution >= 0.6 is 0 Å². The predicted octanol–water partition coefficient (Wildman–Crippen LogP) is -1.94. The minimum Gasteiger partial charge on any atom is -0.393 e. The lowest BCUT2D eigenvalue weighted by Gasteiger charge is -2.26. The summed E-state index contributed by atoms with van der Waals surface area (Å²) in [4.78, 5) is 0.